The van der Waals surface area contributed by atoms with Crippen LogP contribution in [0.15, 0.2) is 36.4 Å². The molecule has 5 heteroatoms. The van der Waals surface area contributed by atoms with Crippen molar-refractivity contribution in [2.75, 3.05) is 0 Å². The van der Waals surface area contributed by atoms with Crippen LogP contribution in [0.1, 0.15) is 15.9 Å². The molecule has 0 aromatic heterocycles. The summed E-state index contributed by atoms with van der Waals surface area (Å²) in [6.45, 7) is 0. The summed E-state index contributed by atoms with van der Waals surface area (Å²) in [5.74, 6) is -1.61. The average molecular weight is 283 g/mol. The van der Waals surface area contributed by atoms with Gasteiger partial charge in [0.2, 0.25) is 0 Å². The van der Waals surface area contributed by atoms with E-state index in [0.717, 1.165) is 0 Å². The molecule has 2 aromatic rings. The molecule has 0 atom stereocenters. The molecule has 0 heterocycles. The SMILES string of the molecule is O=C(c1ccccc1)c1cc(Cl)c(Cl)c(O)c1O. The van der Waals surface area contributed by atoms with Crippen molar-refractivity contribution in [2.24, 2.45) is 0 Å². The maximum absolute atomic E-state index is 12.1. The molecule has 3 nitrogen and oxygen atoms in total. The number of rotatable bonds is 2. The Bertz CT molecular complexity index is 609. The smallest absolute Gasteiger partial charge is 0.196 e. The second-order valence-electron chi connectivity index (χ2n) is 3.61. The van der Waals surface area contributed by atoms with Gasteiger partial charge in [0, 0.05) is 5.56 Å². The van der Waals surface area contributed by atoms with Gasteiger partial charge in [-0.2, -0.15) is 0 Å². The van der Waals surface area contributed by atoms with E-state index in [4.69, 9.17) is 23.2 Å². The monoisotopic (exact) mass is 282 g/mol. The number of carbonyl (C=O) groups is 1. The molecule has 0 radical (unpaired) electrons. The van der Waals surface area contributed by atoms with Gasteiger partial charge in [-0.15, -0.1) is 0 Å². The van der Waals surface area contributed by atoms with Gasteiger partial charge in [0.1, 0.15) is 5.02 Å². The van der Waals surface area contributed by atoms with E-state index in [1.165, 1.54) is 6.07 Å². The third-order valence-corrected chi connectivity index (χ3v) is 3.23. The van der Waals surface area contributed by atoms with E-state index in [9.17, 15) is 15.0 Å². The average Bonchev–Trinajstić information content (AvgIpc) is 2.41. The van der Waals surface area contributed by atoms with E-state index in [1.807, 2.05) is 0 Å². The van der Waals surface area contributed by atoms with E-state index in [0.29, 0.717) is 5.56 Å². The zero-order valence-corrected chi connectivity index (χ0v) is 10.5. The lowest BCUT2D eigenvalue weighted by Crippen LogP contribution is -2.01. The lowest BCUT2D eigenvalue weighted by atomic mass is 10.0. The van der Waals surface area contributed by atoms with Gasteiger partial charge in [-0.1, -0.05) is 53.5 Å². The fourth-order valence-corrected chi connectivity index (χ4v) is 1.86. The zero-order chi connectivity index (χ0) is 13.3. The number of carbonyl (C=O) groups excluding carboxylic acids is 1. The summed E-state index contributed by atoms with van der Waals surface area (Å²) in [7, 11) is 0. The molecule has 2 aromatic carbocycles. The molecule has 0 fully saturated rings. The van der Waals surface area contributed by atoms with Gasteiger partial charge < -0.3 is 10.2 Å². The lowest BCUT2D eigenvalue weighted by Gasteiger charge is -2.08. The van der Waals surface area contributed by atoms with Gasteiger partial charge in [0.25, 0.3) is 0 Å². The summed E-state index contributed by atoms with van der Waals surface area (Å²) in [5.41, 5.74) is 0.290. The molecule has 2 rings (SSSR count). The highest BCUT2D eigenvalue weighted by molar-refractivity contribution is 6.43. The first kappa shape index (κ1) is 12.7. The zero-order valence-electron chi connectivity index (χ0n) is 9.02. The molecule has 0 aliphatic heterocycles. The van der Waals surface area contributed by atoms with Crippen molar-refractivity contribution < 1.29 is 15.0 Å². The molecule has 0 amide bonds. The fourth-order valence-electron chi connectivity index (χ4n) is 1.52. The lowest BCUT2D eigenvalue weighted by molar-refractivity contribution is 0.103. The van der Waals surface area contributed by atoms with E-state index >= 15 is 0 Å². The minimum atomic E-state index is -0.594. The molecule has 18 heavy (non-hydrogen) atoms. The normalized spacial score (nSPS) is 10.3. The van der Waals surface area contributed by atoms with Crippen molar-refractivity contribution in [3.05, 3.63) is 57.6 Å². The Morgan fingerprint density at radius 2 is 1.61 bits per heavy atom. The van der Waals surface area contributed by atoms with Crippen molar-refractivity contribution in [1.29, 1.82) is 0 Å². The van der Waals surface area contributed by atoms with Crippen LogP contribution >= 0.6 is 23.2 Å². The van der Waals surface area contributed by atoms with Crippen LogP contribution in [0.2, 0.25) is 10.0 Å². The van der Waals surface area contributed by atoms with Crippen LogP contribution in [-0.4, -0.2) is 16.0 Å². The Balaban J connectivity index is 2.56. The summed E-state index contributed by atoms with van der Waals surface area (Å²) in [4.78, 5) is 12.1. The van der Waals surface area contributed by atoms with E-state index in [1.54, 1.807) is 30.3 Å². The number of phenols is 2. The Hall–Kier alpha value is -1.71. The minimum Gasteiger partial charge on any atom is -0.504 e. The molecule has 0 unspecified atom stereocenters. The first-order chi connectivity index (χ1) is 8.52. The maximum atomic E-state index is 12.1. The molecule has 0 saturated carbocycles. The van der Waals surface area contributed by atoms with E-state index in [-0.39, 0.29) is 15.6 Å². The third-order valence-electron chi connectivity index (χ3n) is 2.45. The number of benzene rings is 2. The van der Waals surface area contributed by atoms with Crippen molar-refractivity contribution in [2.45, 2.75) is 0 Å². The second kappa shape index (κ2) is 4.88. The topological polar surface area (TPSA) is 57.5 Å². The van der Waals surface area contributed by atoms with Crippen LogP contribution in [-0.2, 0) is 0 Å². The van der Waals surface area contributed by atoms with Crippen LogP contribution in [0.4, 0.5) is 0 Å². The van der Waals surface area contributed by atoms with Crippen molar-refractivity contribution in [3.63, 3.8) is 0 Å². The van der Waals surface area contributed by atoms with Crippen LogP contribution in [0.3, 0.4) is 0 Å². The first-order valence-corrected chi connectivity index (χ1v) is 5.77. The molecule has 92 valence electrons. The van der Waals surface area contributed by atoms with Gasteiger partial charge in [-0.3, -0.25) is 4.79 Å². The van der Waals surface area contributed by atoms with Gasteiger partial charge in [0.05, 0.1) is 10.6 Å². The van der Waals surface area contributed by atoms with Crippen LogP contribution in [0, 0.1) is 0 Å². The highest BCUT2D eigenvalue weighted by Crippen LogP contribution is 2.41. The fraction of sp³-hybridized carbons (Fsp3) is 0. The van der Waals surface area contributed by atoms with Gasteiger partial charge in [-0.25, -0.2) is 0 Å². The third kappa shape index (κ3) is 2.15. The Labute approximate surface area is 113 Å². The van der Waals surface area contributed by atoms with Gasteiger partial charge in [0.15, 0.2) is 17.3 Å². The summed E-state index contributed by atoms with van der Waals surface area (Å²) < 4.78 is 0. The Kier molecular flexibility index (Phi) is 3.45. The Morgan fingerprint density at radius 3 is 2.22 bits per heavy atom. The molecular formula is C13H8Cl2O3. The van der Waals surface area contributed by atoms with Crippen LogP contribution < -0.4 is 0 Å². The largest absolute Gasteiger partial charge is 0.504 e. The maximum Gasteiger partial charge on any atom is 0.196 e. The number of hydrogen-bond acceptors (Lipinski definition) is 3. The first-order valence-electron chi connectivity index (χ1n) is 5.02. The number of halogens is 2. The quantitative estimate of drug-likeness (QED) is 0.653. The highest BCUT2D eigenvalue weighted by Gasteiger charge is 2.20. The van der Waals surface area contributed by atoms with Gasteiger partial charge >= 0.3 is 0 Å². The molecule has 2 N–H and O–H groups in total. The van der Waals surface area contributed by atoms with E-state index < -0.39 is 17.3 Å². The molecule has 0 aliphatic rings. The van der Waals surface area contributed by atoms with E-state index in [2.05, 4.69) is 0 Å². The summed E-state index contributed by atoms with van der Waals surface area (Å²) in [6, 6.07) is 9.59. The van der Waals surface area contributed by atoms with Crippen LogP contribution in [0.25, 0.3) is 0 Å². The molecule has 0 spiro atoms. The minimum absolute atomic E-state index is 0.00578. The van der Waals surface area contributed by atoms with Crippen molar-refractivity contribution in [1.82, 2.24) is 0 Å². The summed E-state index contributed by atoms with van der Waals surface area (Å²) in [5, 5.41) is 19.1. The number of aromatic hydroxyl groups is 2. The number of hydrogen-bond donors (Lipinski definition) is 2. The molecular weight excluding hydrogens is 275 g/mol. The summed E-state index contributed by atoms with van der Waals surface area (Å²) in [6.07, 6.45) is 0. The highest BCUT2D eigenvalue weighted by atomic mass is 35.5. The van der Waals surface area contributed by atoms with Crippen molar-refractivity contribution >= 4 is 29.0 Å². The Morgan fingerprint density at radius 1 is 1.00 bits per heavy atom. The standard InChI is InChI=1S/C13H8Cl2O3/c14-9-6-8(12(17)13(18)10(9)15)11(16)7-4-2-1-3-5-7/h1-6,17-18H. The van der Waals surface area contributed by atoms with Crippen LogP contribution in [0.5, 0.6) is 11.5 Å². The predicted octanol–water partition coefficient (Wildman–Crippen LogP) is 3.64. The molecule has 0 aliphatic carbocycles. The predicted molar refractivity (Wildman–Crippen MR) is 69.7 cm³/mol. The molecule has 0 saturated heterocycles. The van der Waals surface area contributed by atoms with Crippen molar-refractivity contribution in [3.8, 4) is 11.5 Å². The second-order valence-corrected chi connectivity index (χ2v) is 4.40. The van der Waals surface area contributed by atoms with Gasteiger partial charge in [-0.05, 0) is 6.07 Å². The summed E-state index contributed by atoms with van der Waals surface area (Å²) >= 11 is 11.4. The number of phenolic OH excluding ortho intramolecular Hbond substituents is 2. The molecule has 0 bridgehead atoms. The number of ketones is 1.